The first kappa shape index (κ1) is 16.7. The number of hydrogen-bond acceptors (Lipinski definition) is 4. The van der Waals surface area contributed by atoms with Gasteiger partial charge in [0.2, 0.25) is 5.91 Å². The zero-order valence-electron chi connectivity index (χ0n) is 13.2. The third-order valence-corrected chi connectivity index (χ3v) is 5.11. The summed E-state index contributed by atoms with van der Waals surface area (Å²) in [7, 11) is 0. The van der Waals surface area contributed by atoms with Gasteiger partial charge in [0.1, 0.15) is 6.04 Å². The van der Waals surface area contributed by atoms with Gasteiger partial charge in [-0.05, 0) is 31.4 Å². The van der Waals surface area contributed by atoms with Gasteiger partial charge in [0.25, 0.3) is 0 Å². The van der Waals surface area contributed by atoms with E-state index in [1.54, 1.807) is 0 Å². The Hall–Kier alpha value is -1.14. The molecule has 3 aliphatic rings. The van der Waals surface area contributed by atoms with E-state index >= 15 is 0 Å². The highest BCUT2D eigenvalue weighted by atomic mass is 35.5. The monoisotopic (exact) mass is 336 g/mol. The summed E-state index contributed by atoms with van der Waals surface area (Å²) < 4.78 is 0. The second-order valence-corrected chi connectivity index (χ2v) is 6.71. The van der Waals surface area contributed by atoms with Gasteiger partial charge in [-0.3, -0.25) is 10.2 Å². The van der Waals surface area contributed by atoms with Gasteiger partial charge in [0.05, 0.1) is 0 Å². The Labute approximate surface area is 143 Å². The van der Waals surface area contributed by atoms with E-state index in [1.165, 1.54) is 5.56 Å². The van der Waals surface area contributed by atoms with Gasteiger partial charge < -0.3 is 10.2 Å². The normalized spacial score (nSPS) is 29.5. The van der Waals surface area contributed by atoms with Gasteiger partial charge in [0.15, 0.2) is 0 Å². The molecule has 1 aliphatic carbocycles. The van der Waals surface area contributed by atoms with Crippen molar-refractivity contribution < 1.29 is 4.79 Å². The fourth-order valence-electron chi connectivity index (χ4n) is 3.69. The van der Waals surface area contributed by atoms with Crippen molar-refractivity contribution in [3.05, 3.63) is 35.9 Å². The zero-order chi connectivity index (χ0) is 14.9. The van der Waals surface area contributed by atoms with Crippen LogP contribution in [0, 0.1) is 5.92 Å². The van der Waals surface area contributed by atoms with Crippen molar-refractivity contribution in [3.8, 4) is 0 Å². The lowest BCUT2D eigenvalue weighted by atomic mass is 9.88. The van der Waals surface area contributed by atoms with Crippen LogP contribution >= 0.6 is 12.4 Å². The molecule has 1 saturated carbocycles. The van der Waals surface area contributed by atoms with Crippen molar-refractivity contribution in [1.82, 2.24) is 21.1 Å². The van der Waals surface area contributed by atoms with Crippen LogP contribution in [-0.4, -0.2) is 42.0 Å². The minimum Gasteiger partial charge on any atom is -0.334 e. The highest BCUT2D eigenvalue weighted by Gasteiger charge is 2.45. The van der Waals surface area contributed by atoms with Crippen LogP contribution in [0.1, 0.15) is 24.8 Å². The Balaban J connectivity index is 0.00000156. The molecule has 1 aromatic carbocycles. The lowest BCUT2D eigenvalue weighted by molar-refractivity contribution is -0.135. The molecule has 2 heterocycles. The molecule has 4 rings (SSSR count). The molecule has 5 nitrogen and oxygen atoms in total. The number of carbonyl (C=O) groups is 1. The van der Waals surface area contributed by atoms with Crippen LogP contribution in [0.2, 0.25) is 0 Å². The fourth-order valence-corrected chi connectivity index (χ4v) is 3.69. The van der Waals surface area contributed by atoms with Gasteiger partial charge in [-0.15, -0.1) is 12.4 Å². The Morgan fingerprint density at radius 1 is 1.13 bits per heavy atom. The van der Waals surface area contributed by atoms with E-state index in [0.29, 0.717) is 18.0 Å². The van der Waals surface area contributed by atoms with E-state index < -0.39 is 0 Å². The van der Waals surface area contributed by atoms with E-state index in [0.717, 1.165) is 38.9 Å². The number of hydrogen-bond donors (Lipinski definition) is 3. The largest absolute Gasteiger partial charge is 0.334 e. The van der Waals surface area contributed by atoms with Crippen molar-refractivity contribution in [1.29, 1.82) is 0 Å². The van der Waals surface area contributed by atoms with Crippen molar-refractivity contribution >= 4 is 18.3 Å². The van der Waals surface area contributed by atoms with Gasteiger partial charge in [0, 0.05) is 31.1 Å². The molecule has 2 saturated heterocycles. The topological polar surface area (TPSA) is 56.4 Å². The summed E-state index contributed by atoms with van der Waals surface area (Å²) in [6.07, 6.45) is 3.37. The molecule has 1 amide bonds. The molecule has 1 aromatic rings. The van der Waals surface area contributed by atoms with E-state index in [1.807, 2.05) is 18.2 Å². The SMILES string of the molecule is Cl.O=C(C1NNC2CCNCC21)N(Cc1ccccc1)C1CC1. The molecule has 23 heavy (non-hydrogen) atoms. The molecule has 6 heteroatoms. The Bertz CT molecular complexity index is 537. The molecule has 0 spiro atoms. The van der Waals surface area contributed by atoms with Crippen molar-refractivity contribution in [2.75, 3.05) is 13.1 Å². The Morgan fingerprint density at radius 3 is 2.65 bits per heavy atom. The lowest BCUT2D eigenvalue weighted by Gasteiger charge is -2.31. The molecule has 126 valence electrons. The maximum absolute atomic E-state index is 13.1. The Kier molecular flexibility index (Phi) is 5.21. The van der Waals surface area contributed by atoms with Crippen LogP contribution in [0.15, 0.2) is 30.3 Å². The molecule has 3 unspecified atom stereocenters. The fraction of sp³-hybridized carbons (Fsp3) is 0.588. The number of nitrogens with one attached hydrogen (secondary N) is 3. The lowest BCUT2D eigenvalue weighted by Crippen LogP contribution is -2.51. The third-order valence-electron chi connectivity index (χ3n) is 5.11. The van der Waals surface area contributed by atoms with E-state index in [2.05, 4.69) is 33.2 Å². The highest BCUT2D eigenvalue weighted by Crippen LogP contribution is 2.31. The molecule has 3 N–H and O–H groups in total. The molecule has 3 atom stereocenters. The third kappa shape index (κ3) is 3.53. The average Bonchev–Trinajstić information content (AvgIpc) is 3.31. The van der Waals surface area contributed by atoms with Crippen LogP contribution < -0.4 is 16.2 Å². The van der Waals surface area contributed by atoms with Crippen LogP contribution in [0.5, 0.6) is 0 Å². The molecule has 3 fully saturated rings. The van der Waals surface area contributed by atoms with Gasteiger partial charge >= 0.3 is 0 Å². The van der Waals surface area contributed by atoms with Gasteiger partial charge in [-0.25, -0.2) is 5.43 Å². The summed E-state index contributed by atoms with van der Waals surface area (Å²) in [5.41, 5.74) is 7.81. The second kappa shape index (κ2) is 7.18. The maximum Gasteiger partial charge on any atom is 0.242 e. The molecular formula is C17H25ClN4O. The standard InChI is InChI=1S/C17H24N4O.ClH/c22-17(16-14-10-18-9-8-15(14)19-20-16)21(13-6-7-13)11-12-4-2-1-3-5-12;/h1-5,13-16,18-20H,6-11H2;1H. The van der Waals surface area contributed by atoms with E-state index in [9.17, 15) is 4.79 Å². The zero-order valence-corrected chi connectivity index (χ0v) is 14.0. The van der Waals surface area contributed by atoms with Crippen LogP contribution in [-0.2, 0) is 11.3 Å². The number of amides is 1. The number of rotatable bonds is 4. The first-order chi connectivity index (χ1) is 10.8. The molecule has 2 aliphatic heterocycles. The number of carbonyl (C=O) groups excluding carboxylic acids is 1. The quantitative estimate of drug-likeness (QED) is 0.769. The summed E-state index contributed by atoms with van der Waals surface area (Å²) in [5, 5.41) is 3.42. The van der Waals surface area contributed by atoms with Crippen LogP contribution in [0.25, 0.3) is 0 Å². The van der Waals surface area contributed by atoms with E-state index in [4.69, 9.17) is 0 Å². The number of piperidine rings is 1. The second-order valence-electron chi connectivity index (χ2n) is 6.71. The first-order valence-electron chi connectivity index (χ1n) is 8.39. The molecular weight excluding hydrogens is 312 g/mol. The van der Waals surface area contributed by atoms with Gasteiger partial charge in [-0.2, -0.15) is 0 Å². The Morgan fingerprint density at radius 2 is 1.91 bits per heavy atom. The summed E-state index contributed by atoms with van der Waals surface area (Å²) in [6.45, 7) is 2.69. The highest BCUT2D eigenvalue weighted by molar-refractivity contribution is 5.85. The number of fused-ring (bicyclic) bond motifs is 1. The first-order valence-corrected chi connectivity index (χ1v) is 8.39. The maximum atomic E-state index is 13.1. The minimum absolute atomic E-state index is 0. The number of nitrogens with zero attached hydrogens (tertiary/aromatic N) is 1. The predicted molar refractivity (Wildman–Crippen MR) is 92.1 cm³/mol. The summed E-state index contributed by atoms with van der Waals surface area (Å²) in [6, 6.07) is 11.1. The average molecular weight is 337 g/mol. The summed E-state index contributed by atoms with van der Waals surface area (Å²) >= 11 is 0. The molecule has 0 bridgehead atoms. The predicted octanol–water partition coefficient (Wildman–Crippen LogP) is 1.05. The van der Waals surface area contributed by atoms with Crippen molar-refractivity contribution in [3.63, 3.8) is 0 Å². The molecule has 0 aromatic heterocycles. The number of hydrazine groups is 1. The van der Waals surface area contributed by atoms with Crippen molar-refractivity contribution in [2.45, 2.75) is 43.9 Å². The van der Waals surface area contributed by atoms with Crippen LogP contribution in [0.3, 0.4) is 0 Å². The minimum atomic E-state index is -0.0953. The van der Waals surface area contributed by atoms with Gasteiger partial charge in [-0.1, -0.05) is 30.3 Å². The summed E-state index contributed by atoms with van der Waals surface area (Å²) in [5.74, 6) is 0.619. The molecule has 0 radical (unpaired) electrons. The summed E-state index contributed by atoms with van der Waals surface area (Å²) in [4.78, 5) is 15.2. The number of halogens is 1. The smallest absolute Gasteiger partial charge is 0.242 e. The van der Waals surface area contributed by atoms with Crippen molar-refractivity contribution in [2.24, 2.45) is 5.92 Å². The van der Waals surface area contributed by atoms with E-state index in [-0.39, 0.29) is 24.4 Å². The van der Waals surface area contributed by atoms with Crippen LogP contribution in [0.4, 0.5) is 0 Å². The number of benzene rings is 1.